The Morgan fingerprint density at radius 3 is 2.16 bits per heavy atom. The second-order valence-electron chi connectivity index (χ2n) is 7.59. The van der Waals surface area contributed by atoms with Crippen molar-refractivity contribution < 1.29 is 4.79 Å². The van der Waals surface area contributed by atoms with Gasteiger partial charge in [-0.1, -0.05) is 19.1 Å². The zero-order valence-corrected chi connectivity index (χ0v) is 14.9. The van der Waals surface area contributed by atoms with E-state index in [9.17, 15) is 9.59 Å². The minimum Gasteiger partial charge on any atom is -0.353 e. The fourth-order valence-electron chi connectivity index (χ4n) is 3.93. The molecule has 1 N–H and O–H groups in total. The van der Waals surface area contributed by atoms with Crippen molar-refractivity contribution in [2.45, 2.75) is 64.6 Å². The Balaban J connectivity index is 1.48. The molecule has 1 aromatic heterocycles. The van der Waals surface area contributed by atoms with Crippen LogP contribution in [0.3, 0.4) is 0 Å². The van der Waals surface area contributed by atoms with Crippen molar-refractivity contribution in [1.82, 2.24) is 14.5 Å². The summed E-state index contributed by atoms with van der Waals surface area (Å²) >= 11 is 0. The van der Waals surface area contributed by atoms with Crippen molar-refractivity contribution in [1.29, 1.82) is 0 Å². The van der Waals surface area contributed by atoms with Crippen LogP contribution in [0.4, 0.5) is 0 Å². The first kappa shape index (κ1) is 16.4. The van der Waals surface area contributed by atoms with Crippen LogP contribution < -0.4 is 11.0 Å². The molecule has 2 aliphatic carbocycles. The van der Waals surface area contributed by atoms with Crippen LogP contribution in [-0.4, -0.2) is 21.1 Å². The van der Waals surface area contributed by atoms with Gasteiger partial charge in [-0.3, -0.25) is 13.9 Å². The molecule has 1 heterocycles. The average molecular weight is 341 g/mol. The van der Waals surface area contributed by atoms with Crippen LogP contribution in [0.2, 0.25) is 0 Å². The quantitative estimate of drug-likeness (QED) is 0.803. The Kier molecular flexibility index (Phi) is 4.40. The molecule has 2 aliphatic rings. The number of fused-ring (bicyclic) bond motifs is 1. The van der Waals surface area contributed by atoms with Gasteiger partial charge in [-0.2, -0.15) is 0 Å². The first-order valence-corrected chi connectivity index (χ1v) is 9.66. The molecule has 0 radical (unpaired) electrons. The first-order chi connectivity index (χ1) is 12.2. The van der Waals surface area contributed by atoms with Gasteiger partial charge >= 0.3 is 5.69 Å². The summed E-state index contributed by atoms with van der Waals surface area (Å²) < 4.78 is 3.58. The van der Waals surface area contributed by atoms with Crippen molar-refractivity contribution in [3.63, 3.8) is 0 Å². The van der Waals surface area contributed by atoms with E-state index in [4.69, 9.17) is 0 Å². The van der Waals surface area contributed by atoms with E-state index in [0.717, 1.165) is 17.5 Å². The Bertz CT molecular complexity index is 815. The second-order valence-corrected chi connectivity index (χ2v) is 7.59. The number of carbonyl (C=O) groups is 1. The van der Waals surface area contributed by atoms with E-state index in [1.165, 1.54) is 25.7 Å². The maximum absolute atomic E-state index is 12.7. The van der Waals surface area contributed by atoms with Crippen LogP contribution in [0.1, 0.15) is 45.4 Å². The number of hydrogen-bond donors (Lipinski definition) is 1. The summed E-state index contributed by atoms with van der Waals surface area (Å²) in [6.07, 6.45) is 6.31. The average Bonchev–Trinajstić information content (AvgIpc) is 3.52. The highest BCUT2D eigenvalue weighted by Crippen LogP contribution is 2.44. The number of nitrogens with one attached hydrogen (secondary N) is 1. The number of imidazole rings is 1. The van der Waals surface area contributed by atoms with E-state index in [2.05, 4.69) is 12.2 Å². The van der Waals surface area contributed by atoms with Gasteiger partial charge in [0.05, 0.1) is 11.0 Å². The van der Waals surface area contributed by atoms with Crippen molar-refractivity contribution >= 4 is 16.9 Å². The summed E-state index contributed by atoms with van der Waals surface area (Å²) in [5.41, 5.74) is 1.88. The van der Waals surface area contributed by atoms with Gasteiger partial charge in [-0.15, -0.1) is 0 Å². The lowest BCUT2D eigenvalue weighted by Gasteiger charge is -2.17. The van der Waals surface area contributed by atoms with E-state index >= 15 is 0 Å². The molecule has 0 aliphatic heterocycles. The Morgan fingerprint density at radius 1 is 1.08 bits per heavy atom. The van der Waals surface area contributed by atoms with Crippen LogP contribution in [0, 0.1) is 11.8 Å². The number of benzene rings is 1. The number of para-hydroxylation sites is 2. The van der Waals surface area contributed by atoms with Gasteiger partial charge < -0.3 is 5.32 Å². The highest BCUT2D eigenvalue weighted by molar-refractivity contribution is 5.78. The molecule has 1 aromatic carbocycles. The smallest absolute Gasteiger partial charge is 0.329 e. The molecule has 0 spiro atoms. The van der Waals surface area contributed by atoms with Gasteiger partial charge in [0.2, 0.25) is 5.91 Å². The van der Waals surface area contributed by atoms with Crippen LogP contribution >= 0.6 is 0 Å². The fourth-order valence-corrected chi connectivity index (χ4v) is 3.93. The summed E-state index contributed by atoms with van der Waals surface area (Å²) in [7, 11) is 0. The molecule has 0 saturated heterocycles. The minimum atomic E-state index is -0.00298. The molecule has 5 nitrogen and oxygen atoms in total. The van der Waals surface area contributed by atoms with Crippen LogP contribution in [0.15, 0.2) is 29.1 Å². The molecule has 134 valence electrons. The van der Waals surface area contributed by atoms with Gasteiger partial charge in [0, 0.05) is 25.6 Å². The lowest BCUT2D eigenvalue weighted by atomic mass is 10.1. The maximum Gasteiger partial charge on any atom is 0.329 e. The largest absolute Gasteiger partial charge is 0.353 e. The van der Waals surface area contributed by atoms with E-state index in [-0.39, 0.29) is 11.6 Å². The topological polar surface area (TPSA) is 56.0 Å². The minimum absolute atomic E-state index is 0.00298. The van der Waals surface area contributed by atoms with Gasteiger partial charge in [0.1, 0.15) is 0 Å². The van der Waals surface area contributed by atoms with E-state index in [0.29, 0.717) is 37.4 Å². The highest BCUT2D eigenvalue weighted by atomic mass is 16.2. The lowest BCUT2D eigenvalue weighted by Crippen LogP contribution is -2.38. The third kappa shape index (κ3) is 3.37. The Morgan fingerprint density at radius 2 is 1.64 bits per heavy atom. The third-order valence-electron chi connectivity index (χ3n) is 5.52. The number of nitrogens with zero attached hydrogens (tertiary/aromatic N) is 2. The third-order valence-corrected chi connectivity index (χ3v) is 5.52. The molecule has 4 rings (SSSR count). The van der Waals surface area contributed by atoms with E-state index in [1.54, 1.807) is 4.57 Å². The van der Waals surface area contributed by atoms with Crippen LogP contribution in [0.25, 0.3) is 11.0 Å². The van der Waals surface area contributed by atoms with E-state index in [1.807, 2.05) is 28.8 Å². The fraction of sp³-hybridized carbons (Fsp3) is 0.600. The predicted octanol–water partition coefficient (Wildman–Crippen LogP) is 2.91. The summed E-state index contributed by atoms with van der Waals surface area (Å²) in [4.78, 5) is 25.2. The molecular formula is C20H27N3O2. The zero-order valence-electron chi connectivity index (χ0n) is 14.9. The Hall–Kier alpha value is -2.04. The standard InChI is InChI=1S/C20H27N3O2/c1-2-12-22-16-5-3-4-6-17(16)23(20(22)25)13-11-18(24)21-19(14-7-8-14)15-9-10-15/h3-6,14-15,19H,2,7-13H2,1H3,(H,21,24). The first-order valence-electron chi connectivity index (χ1n) is 9.66. The monoisotopic (exact) mass is 341 g/mol. The van der Waals surface area contributed by atoms with Crippen molar-refractivity contribution in [2.24, 2.45) is 11.8 Å². The Labute approximate surface area is 148 Å². The molecule has 2 aromatic rings. The summed E-state index contributed by atoms with van der Waals surface area (Å²) in [6.45, 7) is 3.23. The summed E-state index contributed by atoms with van der Waals surface area (Å²) in [5.74, 6) is 1.49. The number of hydrogen-bond acceptors (Lipinski definition) is 2. The summed E-state index contributed by atoms with van der Waals surface area (Å²) in [6, 6.07) is 8.24. The number of rotatable bonds is 8. The number of carbonyl (C=O) groups excluding carboxylic acids is 1. The van der Waals surface area contributed by atoms with Gasteiger partial charge in [0.25, 0.3) is 0 Å². The number of amides is 1. The predicted molar refractivity (Wildman–Crippen MR) is 98.5 cm³/mol. The van der Waals surface area contributed by atoms with Gasteiger partial charge in [0.15, 0.2) is 0 Å². The lowest BCUT2D eigenvalue weighted by molar-refractivity contribution is -0.122. The van der Waals surface area contributed by atoms with Crippen molar-refractivity contribution in [2.75, 3.05) is 0 Å². The maximum atomic E-state index is 12.7. The molecule has 2 fully saturated rings. The molecule has 5 heteroatoms. The molecule has 0 bridgehead atoms. The van der Waals surface area contributed by atoms with Crippen molar-refractivity contribution in [3.05, 3.63) is 34.7 Å². The zero-order chi connectivity index (χ0) is 17.4. The van der Waals surface area contributed by atoms with Gasteiger partial charge in [-0.05, 0) is 56.1 Å². The molecule has 0 unspecified atom stereocenters. The molecule has 2 saturated carbocycles. The van der Waals surface area contributed by atoms with Crippen LogP contribution in [-0.2, 0) is 17.9 Å². The van der Waals surface area contributed by atoms with Gasteiger partial charge in [-0.25, -0.2) is 4.79 Å². The second kappa shape index (κ2) is 6.70. The number of aryl methyl sites for hydroxylation is 2. The molecule has 0 atom stereocenters. The normalized spacial score (nSPS) is 17.4. The van der Waals surface area contributed by atoms with E-state index < -0.39 is 0 Å². The number of aromatic nitrogens is 2. The molecule has 1 amide bonds. The van der Waals surface area contributed by atoms with Crippen molar-refractivity contribution in [3.8, 4) is 0 Å². The SMILES string of the molecule is CCCn1c(=O)n(CCC(=O)NC(C2CC2)C2CC2)c2ccccc21. The highest BCUT2D eigenvalue weighted by Gasteiger charge is 2.42. The van der Waals surface area contributed by atoms with Crippen LogP contribution in [0.5, 0.6) is 0 Å². The molecular weight excluding hydrogens is 314 g/mol. The summed E-state index contributed by atoms with van der Waals surface area (Å²) in [5, 5.41) is 3.25. The molecule has 25 heavy (non-hydrogen) atoms.